The first-order valence-electron chi connectivity index (χ1n) is 5.50. The first-order valence-corrected chi connectivity index (χ1v) is 5.50. The summed E-state index contributed by atoms with van der Waals surface area (Å²) in [5.41, 5.74) is 0. The number of morpholine rings is 1. The first-order chi connectivity index (χ1) is 7.07. The van der Waals surface area contributed by atoms with E-state index in [1.54, 1.807) is 0 Å². The topological polar surface area (TPSA) is 21.3 Å². The monoisotopic (exact) mass is 223 g/mol. The highest BCUT2D eigenvalue weighted by Crippen LogP contribution is 2.33. The highest BCUT2D eigenvalue weighted by molar-refractivity contribution is 4.85. The van der Waals surface area contributed by atoms with Crippen LogP contribution in [-0.2, 0) is 4.74 Å². The molecule has 2 atom stereocenters. The summed E-state index contributed by atoms with van der Waals surface area (Å²) in [7, 11) is 0. The normalized spacial score (nSPS) is 34.6. The predicted octanol–water partition coefficient (Wildman–Crippen LogP) is 2.10. The maximum atomic E-state index is 12.4. The molecule has 1 heterocycles. The molecule has 0 amide bonds. The SMILES string of the molecule is FC(F)(F)[C@H]1CNC[C@H](C2CCCC2)O1. The first kappa shape index (κ1) is 11.2. The zero-order valence-electron chi connectivity index (χ0n) is 8.52. The fourth-order valence-corrected chi connectivity index (χ4v) is 2.46. The highest BCUT2D eigenvalue weighted by Gasteiger charge is 2.45. The standard InChI is InChI=1S/C10H16F3NO/c11-10(12,13)9-6-14-5-8(15-9)7-3-1-2-4-7/h7-9,14H,1-6H2/t8-,9-/m1/s1. The van der Waals surface area contributed by atoms with Crippen LogP contribution in [0, 0.1) is 5.92 Å². The van der Waals surface area contributed by atoms with Gasteiger partial charge in [-0.15, -0.1) is 0 Å². The molecule has 0 radical (unpaired) electrons. The lowest BCUT2D eigenvalue weighted by atomic mass is 9.99. The fraction of sp³-hybridized carbons (Fsp3) is 1.00. The van der Waals surface area contributed by atoms with Crippen molar-refractivity contribution in [3.05, 3.63) is 0 Å². The molecule has 2 fully saturated rings. The van der Waals surface area contributed by atoms with Gasteiger partial charge in [-0.1, -0.05) is 12.8 Å². The lowest BCUT2D eigenvalue weighted by Crippen LogP contribution is -2.52. The summed E-state index contributed by atoms with van der Waals surface area (Å²) >= 11 is 0. The minimum atomic E-state index is -4.23. The van der Waals surface area contributed by atoms with Crippen molar-refractivity contribution < 1.29 is 17.9 Å². The number of ether oxygens (including phenoxy) is 1. The van der Waals surface area contributed by atoms with Crippen LogP contribution in [0.3, 0.4) is 0 Å². The maximum absolute atomic E-state index is 12.4. The Morgan fingerprint density at radius 3 is 2.33 bits per heavy atom. The molecule has 88 valence electrons. The Labute approximate surface area is 87.2 Å². The van der Waals surface area contributed by atoms with Gasteiger partial charge in [-0.05, 0) is 18.8 Å². The molecule has 5 heteroatoms. The number of rotatable bonds is 1. The summed E-state index contributed by atoms with van der Waals surface area (Å²) in [6.07, 6.45) is -1.81. The van der Waals surface area contributed by atoms with E-state index in [9.17, 15) is 13.2 Å². The molecule has 1 N–H and O–H groups in total. The Morgan fingerprint density at radius 2 is 1.73 bits per heavy atom. The second kappa shape index (κ2) is 4.29. The van der Waals surface area contributed by atoms with Crippen molar-refractivity contribution in [2.24, 2.45) is 5.92 Å². The smallest absolute Gasteiger partial charge is 0.363 e. The number of hydrogen-bond donors (Lipinski definition) is 1. The van der Waals surface area contributed by atoms with E-state index in [4.69, 9.17) is 4.74 Å². The van der Waals surface area contributed by atoms with Crippen molar-refractivity contribution >= 4 is 0 Å². The van der Waals surface area contributed by atoms with Crippen LogP contribution in [-0.4, -0.2) is 31.5 Å². The number of halogens is 3. The second-order valence-corrected chi connectivity index (χ2v) is 4.41. The summed E-state index contributed by atoms with van der Waals surface area (Å²) in [6.45, 7) is 0.462. The molecule has 0 aromatic heterocycles. The van der Waals surface area contributed by atoms with E-state index in [-0.39, 0.29) is 12.6 Å². The van der Waals surface area contributed by atoms with E-state index in [1.165, 1.54) is 0 Å². The Kier molecular flexibility index (Phi) is 3.21. The van der Waals surface area contributed by atoms with Gasteiger partial charge in [0, 0.05) is 13.1 Å². The van der Waals surface area contributed by atoms with E-state index >= 15 is 0 Å². The molecule has 2 rings (SSSR count). The molecule has 1 saturated heterocycles. The van der Waals surface area contributed by atoms with Crippen LogP contribution in [0.5, 0.6) is 0 Å². The molecule has 1 aliphatic carbocycles. The fourth-order valence-electron chi connectivity index (χ4n) is 2.46. The molecule has 2 aliphatic rings. The summed E-state index contributed by atoms with van der Waals surface area (Å²) < 4.78 is 42.5. The zero-order valence-corrected chi connectivity index (χ0v) is 8.52. The third kappa shape index (κ3) is 2.64. The minimum absolute atomic E-state index is 0.104. The molecule has 15 heavy (non-hydrogen) atoms. The lowest BCUT2D eigenvalue weighted by molar-refractivity contribution is -0.244. The molecular formula is C10H16F3NO. The third-order valence-electron chi connectivity index (χ3n) is 3.31. The summed E-state index contributed by atoms with van der Waals surface area (Å²) in [4.78, 5) is 0. The Balaban J connectivity index is 1.92. The van der Waals surface area contributed by atoms with E-state index in [1.807, 2.05) is 0 Å². The van der Waals surface area contributed by atoms with E-state index in [0.717, 1.165) is 25.7 Å². The molecular weight excluding hydrogens is 207 g/mol. The van der Waals surface area contributed by atoms with Gasteiger partial charge in [0.05, 0.1) is 6.10 Å². The van der Waals surface area contributed by atoms with E-state index in [2.05, 4.69) is 5.32 Å². The predicted molar refractivity (Wildman–Crippen MR) is 49.5 cm³/mol. The average Bonchev–Trinajstić information content (AvgIpc) is 2.69. The van der Waals surface area contributed by atoms with Crippen LogP contribution in [0.2, 0.25) is 0 Å². The van der Waals surface area contributed by atoms with Crippen LogP contribution in [0.4, 0.5) is 13.2 Å². The average molecular weight is 223 g/mol. The van der Waals surface area contributed by atoms with Crippen LogP contribution < -0.4 is 5.32 Å². The maximum Gasteiger partial charge on any atom is 0.415 e. The van der Waals surface area contributed by atoms with Crippen molar-refractivity contribution in [1.82, 2.24) is 5.32 Å². The van der Waals surface area contributed by atoms with Crippen LogP contribution in [0.1, 0.15) is 25.7 Å². The third-order valence-corrected chi connectivity index (χ3v) is 3.31. The Bertz CT molecular complexity index is 213. The van der Waals surface area contributed by atoms with Gasteiger partial charge < -0.3 is 10.1 Å². The van der Waals surface area contributed by atoms with Gasteiger partial charge in [0.1, 0.15) is 0 Å². The largest absolute Gasteiger partial charge is 0.415 e. The molecule has 0 spiro atoms. The van der Waals surface area contributed by atoms with Crippen LogP contribution in [0.25, 0.3) is 0 Å². The minimum Gasteiger partial charge on any atom is -0.363 e. The van der Waals surface area contributed by atoms with Crippen molar-refractivity contribution in [2.75, 3.05) is 13.1 Å². The van der Waals surface area contributed by atoms with Gasteiger partial charge in [-0.3, -0.25) is 0 Å². The second-order valence-electron chi connectivity index (χ2n) is 4.41. The molecule has 0 aromatic carbocycles. The van der Waals surface area contributed by atoms with Gasteiger partial charge in [0.2, 0.25) is 0 Å². The molecule has 0 bridgehead atoms. The molecule has 0 aromatic rings. The Hall–Kier alpha value is -0.290. The van der Waals surface area contributed by atoms with E-state index < -0.39 is 12.3 Å². The van der Waals surface area contributed by atoms with Crippen molar-refractivity contribution in [1.29, 1.82) is 0 Å². The van der Waals surface area contributed by atoms with Crippen molar-refractivity contribution in [3.8, 4) is 0 Å². The summed E-state index contributed by atoms with van der Waals surface area (Å²) in [5.74, 6) is 0.322. The number of nitrogens with one attached hydrogen (secondary N) is 1. The molecule has 0 unspecified atom stereocenters. The number of alkyl halides is 3. The summed E-state index contributed by atoms with van der Waals surface area (Å²) in [5, 5.41) is 2.82. The highest BCUT2D eigenvalue weighted by atomic mass is 19.4. The molecule has 1 saturated carbocycles. The Morgan fingerprint density at radius 1 is 1.07 bits per heavy atom. The molecule has 1 aliphatic heterocycles. The molecule has 2 nitrogen and oxygen atoms in total. The van der Waals surface area contributed by atoms with Gasteiger partial charge in [0.25, 0.3) is 0 Å². The van der Waals surface area contributed by atoms with Crippen LogP contribution in [0.15, 0.2) is 0 Å². The van der Waals surface area contributed by atoms with Gasteiger partial charge in [-0.25, -0.2) is 0 Å². The lowest BCUT2D eigenvalue weighted by Gasteiger charge is -2.35. The zero-order chi connectivity index (χ0) is 10.9. The van der Waals surface area contributed by atoms with Crippen LogP contribution >= 0.6 is 0 Å². The quantitative estimate of drug-likeness (QED) is 0.735. The van der Waals surface area contributed by atoms with Crippen molar-refractivity contribution in [3.63, 3.8) is 0 Å². The summed E-state index contributed by atoms with van der Waals surface area (Å²) in [6, 6.07) is 0. The van der Waals surface area contributed by atoms with Gasteiger partial charge >= 0.3 is 6.18 Å². The van der Waals surface area contributed by atoms with E-state index in [0.29, 0.717) is 12.5 Å². The van der Waals surface area contributed by atoms with Gasteiger partial charge in [-0.2, -0.15) is 13.2 Å². The van der Waals surface area contributed by atoms with Gasteiger partial charge in [0.15, 0.2) is 6.10 Å². The number of hydrogen-bond acceptors (Lipinski definition) is 2. The van der Waals surface area contributed by atoms with Crippen molar-refractivity contribution in [2.45, 2.75) is 44.1 Å².